The molecule has 1 unspecified atom stereocenters. The zero-order valence-electron chi connectivity index (χ0n) is 15.6. The van der Waals surface area contributed by atoms with E-state index in [2.05, 4.69) is 10.4 Å². The van der Waals surface area contributed by atoms with Crippen LogP contribution in [0.15, 0.2) is 60.8 Å². The molecule has 1 aliphatic rings. The van der Waals surface area contributed by atoms with Gasteiger partial charge in [-0.1, -0.05) is 36.4 Å². The molecule has 6 heteroatoms. The van der Waals surface area contributed by atoms with Crippen molar-refractivity contribution in [3.8, 4) is 16.9 Å². The molecule has 1 aromatic heterocycles. The molecule has 0 bridgehead atoms. The van der Waals surface area contributed by atoms with Gasteiger partial charge in [0.25, 0.3) is 0 Å². The third-order valence-electron chi connectivity index (χ3n) is 4.87. The number of hydrogen-bond donors (Lipinski definition) is 1. The maximum atomic E-state index is 12.1. The lowest BCUT2D eigenvalue weighted by molar-refractivity contribution is -0.134. The summed E-state index contributed by atoms with van der Waals surface area (Å²) in [5.74, 6) is 0.0831. The van der Waals surface area contributed by atoms with Crippen molar-refractivity contribution in [2.45, 2.75) is 25.4 Å². The van der Waals surface area contributed by atoms with Gasteiger partial charge >= 0.3 is 0 Å². The minimum atomic E-state index is -0.279. The first-order valence-corrected chi connectivity index (χ1v) is 9.24. The van der Waals surface area contributed by atoms with Gasteiger partial charge in [-0.05, 0) is 41.3 Å². The van der Waals surface area contributed by atoms with Gasteiger partial charge in [-0.15, -0.1) is 0 Å². The Morgan fingerprint density at radius 1 is 1.11 bits per heavy atom. The summed E-state index contributed by atoms with van der Waals surface area (Å²) in [7, 11) is 1.88. The topological polar surface area (TPSA) is 73.2 Å². The summed E-state index contributed by atoms with van der Waals surface area (Å²) in [5, 5.41) is 6.72. The van der Waals surface area contributed by atoms with Gasteiger partial charge in [0.1, 0.15) is 12.4 Å². The van der Waals surface area contributed by atoms with Crippen LogP contribution in [0.1, 0.15) is 30.0 Å². The van der Waals surface area contributed by atoms with Crippen LogP contribution in [0.4, 0.5) is 0 Å². The summed E-state index contributed by atoms with van der Waals surface area (Å²) in [6, 6.07) is 17.7. The molecule has 3 aromatic rings. The molecule has 142 valence electrons. The predicted molar refractivity (Wildman–Crippen MR) is 105 cm³/mol. The van der Waals surface area contributed by atoms with Gasteiger partial charge < -0.3 is 4.74 Å². The van der Waals surface area contributed by atoms with Crippen molar-refractivity contribution in [2.75, 3.05) is 0 Å². The minimum absolute atomic E-state index is 0.196. The number of ether oxygens (including phenoxy) is 1. The molecule has 1 atom stereocenters. The molecule has 1 aliphatic heterocycles. The number of piperidine rings is 1. The SMILES string of the molecule is Cn1ccc(COc2ccc(-c3cccc(C4CCC(=O)NC4=O)c3)cc2)n1. The molecule has 0 spiro atoms. The monoisotopic (exact) mass is 375 g/mol. The lowest BCUT2D eigenvalue weighted by Crippen LogP contribution is -2.39. The van der Waals surface area contributed by atoms with Gasteiger partial charge in [0, 0.05) is 19.7 Å². The number of carbonyl (C=O) groups is 2. The Balaban J connectivity index is 1.47. The Bertz CT molecular complexity index is 1010. The van der Waals surface area contributed by atoms with E-state index in [0.717, 1.165) is 28.1 Å². The van der Waals surface area contributed by atoms with E-state index < -0.39 is 0 Å². The first-order chi connectivity index (χ1) is 13.6. The first-order valence-electron chi connectivity index (χ1n) is 9.24. The normalized spacial score (nSPS) is 16.7. The Labute approximate surface area is 163 Å². The second-order valence-corrected chi connectivity index (χ2v) is 6.92. The highest BCUT2D eigenvalue weighted by molar-refractivity contribution is 6.01. The smallest absolute Gasteiger partial charge is 0.234 e. The maximum Gasteiger partial charge on any atom is 0.234 e. The van der Waals surface area contributed by atoms with E-state index in [1.54, 1.807) is 4.68 Å². The van der Waals surface area contributed by atoms with Crippen LogP contribution in [0.5, 0.6) is 5.75 Å². The van der Waals surface area contributed by atoms with Crippen LogP contribution >= 0.6 is 0 Å². The second-order valence-electron chi connectivity index (χ2n) is 6.92. The third kappa shape index (κ3) is 3.96. The molecule has 28 heavy (non-hydrogen) atoms. The van der Waals surface area contributed by atoms with E-state index in [1.165, 1.54) is 0 Å². The van der Waals surface area contributed by atoms with Crippen LogP contribution in [0.25, 0.3) is 11.1 Å². The van der Waals surface area contributed by atoms with Gasteiger partial charge in [-0.2, -0.15) is 5.10 Å². The molecule has 2 amide bonds. The number of benzene rings is 2. The van der Waals surface area contributed by atoms with Gasteiger partial charge in [-0.25, -0.2) is 0 Å². The number of imide groups is 1. The third-order valence-corrected chi connectivity index (χ3v) is 4.87. The van der Waals surface area contributed by atoms with Crippen LogP contribution in [0.2, 0.25) is 0 Å². The number of rotatable bonds is 5. The molecule has 1 saturated heterocycles. The number of hydrogen-bond acceptors (Lipinski definition) is 4. The summed E-state index contributed by atoms with van der Waals surface area (Å²) in [6.07, 6.45) is 2.81. The van der Waals surface area contributed by atoms with Crippen molar-refractivity contribution >= 4 is 11.8 Å². The average Bonchev–Trinajstić information content (AvgIpc) is 3.12. The van der Waals surface area contributed by atoms with Crippen molar-refractivity contribution in [3.63, 3.8) is 0 Å². The molecular formula is C22H21N3O3. The molecule has 0 radical (unpaired) electrons. The van der Waals surface area contributed by atoms with Crippen LogP contribution in [0, 0.1) is 0 Å². The lowest BCUT2D eigenvalue weighted by atomic mass is 9.89. The zero-order chi connectivity index (χ0) is 19.5. The van der Waals surface area contributed by atoms with Gasteiger partial charge in [-0.3, -0.25) is 19.6 Å². The summed E-state index contributed by atoms with van der Waals surface area (Å²) in [5.41, 5.74) is 3.87. The Kier molecular flexibility index (Phi) is 4.93. The highest BCUT2D eigenvalue weighted by Gasteiger charge is 2.27. The van der Waals surface area contributed by atoms with E-state index in [4.69, 9.17) is 4.74 Å². The predicted octanol–water partition coefficient (Wildman–Crippen LogP) is 3.19. The fourth-order valence-corrected chi connectivity index (χ4v) is 3.39. The average molecular weight is 375 g/mol. The van der Waals surface area contributed by atoms with Gasteiger partial charge in [0.15, 0.2) is 0 Å². The summed E-state index contributed by atoms with van der Waals surface area (Å²) >= 11 is 0. The molecule has 2 heterocycles. The number of aromatic nitrogens is 2. The van der Waals surface area contributed by atoms with Gasteiger partial charge in [0.2, 0.25) is 11.8 Å². The van der Waals surface area contributed by atoms with E-state index in [9.17, 15) is 9.59 Å². The Hall–Kier alpha value is -3.41. The fourth-order valence-electron chi connectivity index (χ4n) is 3.39. The van der Waals surface area contributed by atoms with Crippen molar-refractivity contribution in [2.24, 2.45) is 7.05 Å². The minimum Gasteiger partial charge on any atom is -0.487 e. The van der Waals surface area contributed by atoms with Crippen LogP contribution in [-0.4, -0.2) is 21.6 Å². The van der Waals surface area contributed by atoms with E-state index in [1.807, 2.05) is 67.8 Å². The molecular weight excluding hydrogens is 354 g/mol. The first kappa shape index (κ1) is 18.0. The second kappa shape index (κ2) is 7.68. The molecule has 6 nitrogen and oxygen atoms in total. The fraction of sp³-hybridized carbons (Fsp3) is 0.227. The Morgan fingerprint density at radius 3 is 2.64 bits per heavy atom. The highest BCUT2D eigenvalue weighted by Crippen LogP contribution is 2.29. The molecule has 2 aromatic carbocycles. The van der Waals surface area contributed by atoms with E-state index in [0.29, 0.717) is 19.4 Å². The van der Waals surface area contributed by atoms with Crippen LogP contribution in [-0.2, 0) is 23.2 Å². The van der Waals surface area contributed by atoms with Crippen molar-refractivity contribution in [1.82, 2.24) is 15.1 Å². The van der Waals surface area contributed by atoms with E-state index >= 15 is 0 Å². The summed E-state index contributed by atoms with van der Waals surface area (Å²) in [4.78, 5) is 23.5. The maximum absolute atomic E-state index is 12.1. The van der Waals surface area contributed by atoms with Crippen LogP contribution in [0.3, 0.4) is 0 Å². The number of aryl methyl sites for hydroxylation is 1. The Morgan fingerprint density at radius 2 is 1.93 bits per heavy atom. The standard InChI is InChI=1S/C22H21N3O3/c1-25-12-11-18(24-25)14-28-19-7-5-15(6-8-19)16-3-2-4-17(13-16)20-9-10-21(26)23-22(20)27/h2-8,11-13,20H,9-10,14H2,1H3,(H,23,26,27). The summed E-state index contributed by atoms with van der Waals surface area (Å²) in [6.45, 7) is 0.422. The van der Waals surface area contributed by atoms with Crippen molar-refractivity contribution in [3.05, 3.63) is 72.1 Å². The molecule has 1 fully saturated rings. The highest BCUT2D eigenvalue weighted by atomic mass is 16.5. The number of nitrogens with zero attached hydrogens (tertiary/aromatic N) is 2. The summed E-state index contributed by atoms with van der Waals surface area (Å²) < 4.78 is 7.53. The largest absolute Gasteiger partial charge is 0.487 e. The number of carbonyl (C=O) groups excluding carboxylic acids is 2. The molecule has 0 aliphatic carbocycles. The number of amides is 2. The molecule has 4 rings (SSSR count). The zero-order valence-corrected chi connectivity index (χ0v) is 15.6. The van der Waals surface area contributed by atoms with Crippen LogP contribution < -0.4 is 10.1 Å². The molecule has 0 saturated carbocycles. The number of nitrogens with one attached hydrogen (secondary N) is 1. The molecule has 1 N–H and O–H groups in total. The van der Waals surface area contributed by atoms with Crippen molar-refractivity contribution < 1.29 is 14.3 Å². The lowest BCUT2D eigenvalue weighted by Gasteiger charge is -2.21. The quantitative estimate of drug-likeness (QED) is 0.695. The van der Waals surface area contributed by atoms with Crippen molar-refractivity contribution in [1.29, 1.82) is 0 Å². The van der Waals surface area contributed by atoms with E-state index in [-0.39, 0.29) is 17.7 Å². The van der Waals surface area contributed by atoms with Gasteiger partial charge in [0.05, 0.1) is 11.6 Å².